The summed E-state index contributed by atoms with van der Waals surface area (Å²) in [5.74, 6) is -1.59. The highest BCUT2D eigenvalue weighted by Gasteiger charge is 2.29. The van der Waals surface area contributed by atoms with Crippen molar-refractivity contribution in [3.63, 3.8) is 0 Å². The van der Waals surface area contributed by atoms with Crippen LogP contribution >= 0.6 is 0 Å². The van der Waals surface area contributed by atoms with Crippen LogP contribution in [0.5, 0.6) is 5.75 Å². The average Bonchev–Trinajstić information content (AvgIpc) is 2.42. The molecule has 0 saturated heterocycles. The van der Waals surface area contributed by atoms with Gasteiger partial charge in [0.05, 0.1) is 23.0 Å². The number of hydrogen-bond acceptors (Lipinski definition) is 5. The van der Waals surface area contributed by atoms with Gasteiger partial charge in [0.25, 0.3) is 0 Å². The van der Waals surface area contributed by atoms with Crippen molar-refractivity contribution in [1.82, 2.24) is 0 Å². The number of fused-ring (bicyclic) bond motifs is 1. The van der Waals surface area contributed by atoms with Gasteiger partial charge in [-0.15, -0.1) is 0 Å². The van der Waals surface area contributed by atoms with Gasteiger partial charge in [-0.3, -0.25) is 4.79 Å². The molecule has 1 unspecified atom stereocenters. The molecule has 0 radical (unpaired) electrons. The van der Waals surface area contributed by atoms with Gasteiger partial charge in [0.1, 0.15) is 11.3 Å². The zero-order chi connectivity index (χ0) is 15.6. The number of para-hydroxylation sites is 1. The maximum absolute atomic E-state index is 12.1. The first-order valence-corrected chi connectivity index (χ1v) is 6.90. The monoisotopic (exact) mass is 290 g/mol. The molecular weight excluding hydrogens is 272 g/mol. The first-order valence-electron chi connectivity index (χ1n) is 6.90. The standard InChI is InChI=1S/C16H18O5/c1-4-10(15(18)20-9(2)3)13-14(17)11-7-5-6-8-12(11)21-16(13)19/h5-10,17H,4H2,1-3H3. The molecule has 0 saturated carbocycles. The molecule has 0 aliphatic carbocycles. The van der Waals surface area contributed by atoms with Crippen LogP contribution in [-0.2, 0) is 9.53 Å². The first-order chi connectivity index (χ1) is 9.95. The summed E-state index contributed by atoms with van der Waals surface area (Å²) in [6, 6.07) is 6.65. The van der Waals surface area contributed by atoms with E-state index in [1.54, 1.807) is 45.0 Å². The van der Waals surface area contributed by atoms with Crippen molar-refractivity contribution in [3.05, 3.63) is 40.2 Å². The summed E-state index contributed by atoms with van der Waals surface area (Å²) in [4.78, 5) is 24.2. The van der Waals surface area contributed by atoms with Crippen LogP contribution < -0.4 is 5.63 Å². The number of hydrogen-bond donors (Lipinski definition) is 1. The third-order valence-corrected chi connectivity index (χ3v) is 3.21. The van der Waals surface area contributed by atoms with Crippen LogP contribution in [0.3, 0.4) is 0 Å². The Balaban J connectivity index is 2.58. The molecule has 1 N–H and O–H groups in total. The highest BCUT2D eigenvalue weighted by molar-refractivity contribution is 5.87. The maximum Gasteiger partial charge on any atom is 0.344 e. The number of ether oxygens (including phenoxy) is 1. The zero-order valence-corrected chi connectivity index (χ0v) is 12.3. The minimum absolute atomic E-state index is 0.0400. The molecule has 1 aromatic carbocycles. The second-order valence-corrected chi connectivity index (χ2v) is 5.09. The molecule has 2 rings (SSSR count). The number of aromatic hydroxyl groups is 1. The summed E-state index contributed by atoms with van der Waals surface area (Å²) in [6.45, 7) is 5.21. The van der Waals surface area contributed by atoms with Gasteiger partial charge in [0, 0.05) is 0 Å². The molecule has 0 fully saturated rings. The third-order valence-electron chi connectivity index (χ3n) is 3.21. The summed E-state index contributed by atoms with van der Waals surface area (Å²) >= 11 is 0. The Morgan fingerprint density at radius 2 is 2.00 bits per heavy atom. The normalized spacial score (nSPS) is 12.6. The van der Waals surface area contributed by atoms with Crippen molar-refractivity contribution in [2.24, 2.45) is 0 Å². The molecule has 0 amide bonds. The Bertz CT molecular complexity index is 714. The van der Waals surface area contributed by atoms with Crippen molar-refractivity contribution in [3.8, 4) is 5.75 Å². The van der Waals surface area contributed by atoms with Crippen LogP contribution in [0, 0.1) is 0 Å². The van der Waals surface area contributed by atoms with E-state index in [9.17, 15) is 14.7 Å². The number of carbonyl (C=O) groups excluding carboxylic acids is 1. The van der Waals surface area contributed by atoms with Gasteiger partial charge in [0.15, 0.2) is 0 Å². The largest absolute Gasteiger partial charge is 0.507 e. The van der Waals surface area contributed by atoms with E-state index in [4.69, 9.17) is 9.15 Å². The van der Waals surface area contributed by atoms with Gasteiger partial charge < -0.3 is 14.3 Å². The van der Waals surface area contributed by atoms with Crippen molar-refractivity contribution < 1.29 is 19.1 Å². The van der Waals surface area contributed by atoms with E-state index in [2.05, 4.69) is 0 Å². The highest BCUT2D eigenvalue weighted by atomic mass is 16.5. The molecule has 5 heteroatoms. The summed E-state index contributed by atoms with van der Waals surface area (Å²) < 4.78 is 10.3. The lowest BCUT2D eigenvalue weighted by atomic mass is 9.96. The fourth-order valence-electron chi connectivity index (χ4n) is 2.26. The smallest absolute Gasteiger partial charge is 0.344 e. The van der Waals surface area contributed by atoms with Crippen LogP contribution in [0.4, 0.5) is 0 Å². The van der Waals surface area contributed by atoms with Gasteiger partial charge in [-0.1, -0.05) is 19.1 Å². The van der Waals surface area contributed by atoms with Crippen LogP contribution in [0.1, 0.15) is 38.7 Å². The van der Waals surface area contributed by atoms with E-state index in [1.807, 2.05) is 0 Å². The Labute approximate surface area is 122 Å². The van der Waals surface area contributed by atoms with Crippen molar-refractivity contribution >= 4 is 16.9 Å². The number of esters is 1. The van der Waals surface area contributed by atoms with Crippen molar-refractivity contribution in [2.45, 2.75) is 39.2 Å². The summed E-state index contributed by atoms with van der Waals surface area (Å²) in [7, 11) is 0. The lowest BCUT2D eigenvalue weighted by Crippen LogP contribution is -2.24. The van der Waals surface area contributed by atoms with Crippen molar-refractivity contribution in [1.29, 1.82) is 0 Å². The second kappa shape index (κ2) is 5.99. The molecule has 5 nitrogen and oxygen atoms in total. The fraction of sp³-hybridized carbons (Fsp3) is 0.375. The van der Waals surface area contributed by atoms with Crippen LogP contribution in [0.15, 0.2) is 33.5 Å². The third kappa shape index (κ3) is 2.91. The van der Waals surface area contributed by atoms with E-state index in [1.165, 1.54) is 0 Å². The highest BCUT2D eigenvalue weighted by Crippen LogP contribution is 2.32. The number of benzene rings is 1. The Morgan fingerprint density at radius 3 is 2.62 bits per heavy atom. The van der Waals surface area contributed by atoms with Crippen LogP contribution in [0.25, 0.3) is 11.0 Å². The molecular formula is C16H18O5. The summed E-state index contributed by atoms with van der Waals surface area (Å²) in [6.07, 6.45) is 0.0450. The molecule has 2 aromatic rings. The predicted molar refractivity (Wildman–Crippen MR) is 78.4 cm³/mol. The van der Waals surface area contributed by atoms with Gasteiger partial charge in [0.2, 0.25) is 0 Å². The average molecular weight is 290 g/mol. The molecule has 0 aliphatic rings. The second-order valence-electron chi connectivity index (χ2n) is 5.09. The zero-order valence-electron chi connectivity index (χ0n) is 12.3. The Morgan fingerprint density at radius 1 is 1.33 bits per heavy atom. The molecule has 1 heterocycles. The molecule has 0 aliphatic heterocycles. The number of rotatable bonds is 4. The van der Waals surface area contributed by atoms with Gasteiger partial charge >= 0.3 is 11.6 Å². The first kappa shape index (κ1) is 15.1. The molecule has 112 valence electrons. The topological polar surface area (TPSA) is 76.7 Å². The van der Waals surface area contributed by atoms with Crippen molar-refractivity contribution in [2.75, 3.05) is 0 Å². The molecule has 1 atom stereocenters. The van der Waals surface area contributed by atoms with E-state index < -0.39 is 17.5 Å². The van der Waals surface area contributed by atoms with E-state index in [0.717, 1.165) is 0 Å². The predicted octanol–water partition coefficient (Wildman–Crippen LogP) is 2.94. The molecule has 1 aromatic heterocycles. The van der Waals surface area contributed by atoms with Crippen LogP contribution in [-0.4, -0.2) is 17.2 Å². The molecule has 21 heavy (non-hydrogen) atoms. The van der Waals surface area contributed by atoms with Gasteiger partial charge in [-0.25, -0.2) is 4.79 Å². The van der Waals surface area contributed by atoms with E-state index in [-0.39, 0.29) is 23.0 Å². The lowest BCUT2D eigenvalue weighted by molar-refractivity contribution is -0.149. The fourth-order valence-corrected chi connectivity index (χ4v) is 2.26. The SMILES string of the molecule is CCC(C(=O)OC(C)C)c1c(O)c2ccccc2oc1=O. The molecule has 0 spiro atoms. The minimum atomic E-state index is -0.840. The summed E-state index contributed by atoms with van der Waals surface area (Å²) in [5, 5.41) is 10.8. The lowest BCUT2D eigenvalue weighted by Gasteiger charge is -2.17. The Kier molecular flexibility index (Phi) is 4.31. The Hall–Kier alpha value is -2.30. The number of carbonyl (C=O) groups is 1. The van der Waals surface area contributed by atoms with Crippen LogP contribution in [0.2, 0.25) is 0 Å². The minimum Gasteiger partial charge on any atom is -0.507 e. The molecule has 0 bridgehead atoms. The van der Waals surface area contributed by atoms with E-state index in [0.29, 0.717) is 11.8 Å². The van der Waals surface area contributed by atoms with Gasteiger partial charge in [-0.05, 0) is 32.4 Å². The van der Waals surface area contributed by atoms with Gasteiger partial charge in [-0.2, -0.15) is 0 Å². The quantitative estimate of drug-likeness (QED) is 0.692. The van der Waals surface area contributed by atoms with E-state index >= 15 is 0 Å². The maximum atomic E-state index is 12.1. The summed E-state index contributed by atoms with van der Waals surface area (Å²) in [5.41, 5.74) is -0.462.